The second kappa shape index (κ2) is 9.05. The Kier molecular flexibility index (Phi) is 7.68. The molecule has 19 heavy (non-hydrogen) atoms. The van der Waals surface area contributed by atoms with E-state index >= 15 is 0 Å². The predicted molar refractivity (Wildman–Crippen MR) is 77.8 cm³/mol. The van der Waals surface area contributed by atoms with Crippen LogP contribution in [0.25, 0.3) is 0 Å². The van der Waals surface area contributed by atoms with Crippen LogP contribution in [0.2, 0.25) is 0 Å². The molecule has 0 saturated heterocycles. The van der Waals surface area contributed by atoms with Gasteiger partial charge in [-0.2, -0.15) is 0 Å². The topological polar surface area (TPSA) is 21.3 Å². The molecule has 1 N–H and O–H groups in total. The molecule has 0 saturated carbocycles. The van der Waals surface area contributed by atoms with Crippen molar-refractivity contribution in [1.82, 2.24) is 5.32 Å². The van der Waals surface area contributed by atoms with Gasteiger partial charge in [-0.1, -0.05) is 26.0 Å². The van der Waals surface area contributed by atoms with Crippen LogP contribution in [0.5, 0.6) is 0 Å². The van der Waals surface area contributed by atoms with Crippen LogP contribution in [-0.2, 0) is 11.2 Å². The molecule has 1 atom stereocenters. The zero-order valence-electron chi connectivity index (χ0n) is 12.3. The van der Waals surface area contributed by atoms with Crippen LogP contribution < -0.4 is 5.32 Å². The Morgan fingerprint density at radius 1 is 1.21 bits per heavy atom. The maximum Gasteiger partial charge on any atom is 0.123 e. The van der Waals surface area contributed by atoms with Gasteiger partial charge < -0.3 is 10.1 Å². The van der Waals surface area contributed by atoms with Gasteiger partial charge in [-0.3, -0.25) is 0 Å². The molecule has 0 heterocycles. The van der Waals surface area contributed by atoms with Gasteiger partial charge in [0.1, 0.15) is 5.82 Å². The first-order valence-corrected chi connectivity index (χ1v) is 7.17. The summed E-state index contributed by atoms with van der Waals surface area (Å²) in [5, 5.41) is 3.47. The Morgan fingerprint density at radius 2 is 1.89 bits per heavy atom. The summed E-state index contributed by atoms with van der Waals surface area (Å²) in [6.07, 6.45) is 2.00. The Bertz CT molecular complexity index is 337. The van der Waals surface area contributed by atoms with Crippen molar-refractivity contribution in [2.45, 2.75) is 39.7 Å². The molecule has 0 aliphatic rings. The average molecular weight is 267 g/mol. The lowest BCUT2D eigenvalue weighted by Crippen LogP contribution is -2.30. The van der Waals surface area contributed by atoms with E-state index in [-0.39, 0.29) is 5.82 Å². The van der Waals surface area contributed by atoms with Crippen LogP contribution in [-0.4, -0.2) is 25.8 Å². The molecule has 0 aromatic heterocycles. The van der Waals surface area contributed by atoms with Crippen LogP contribution in [0.4, 0.5) is 4.39 Å². The van der Waals surface area contributed by atoms with Gasteiger partial charge in [0.25, 0.3) is 0 Å². The zero-order valence-corrected chi connectivity index (χ0v) is 12.3. The van der Waals surface area contributed by atoms with E-state index in [4.69, 9.17) is 4.74 Å². The van der Waals surface area contributed by atoms with E-state index in [1.165, 1.54) is 17.7 Å². The first-order chi connectivity index (χ1) is 9.11. The van der Waals surface area contributed by atoms with Crippen LogP contribution in [0.3, 0.4) is 0 Å². The molecule has 0 amide bonds. The van der Waals surface area contributed by atoms with Gasteiger partial charge in [-0.05, 0) is 49.9 Å². The van der Waals surface area contributed by atoms with Crippen LogP contribution in [0.1, 0.15) is 32.8 Å². The predicted octanol–water partition coefficient (Wildman–Crippen LogP) is 3.41. The van der Waals surface area contributed by atoms with Gasteiger partial charge >= 0.3 is 0 Å². The molecule has 3 heteroatoms. The third kappa shape index (κ3) is 7.28. The Morgan fingerprint density at radius 3 is 2.47 bits per heavy atom. The van der Waals surface area contributed by atoms with E-state index in [1.54, 1.807) is 0 Å². The van der Waals surface area contributed by atoms with E-state index in [9.17, 15) is 4.39 Å². The number of halogens is 1. The summed E-state index contributed by atoms with van der Waals surface area (Å²) in [6, 6.07) is 7.30. The lowest BCUT2D eigenvalue weighted by Gasteiger charge is -2.19. The fourth-order valence-corrected chi connectivity index (χ4v) is 2.03. The summed E-state index contributed by atoms with van der Waals surface area (Å²) in [6.45, 7) is 8.85. The molecule has 0 aliphatic carbocycles. The second-order valence-corrected chi connectivity index (χ2v) is 5.25. The fourth-order valence-electron chi connectivity index (χ4n) is 2.03. The number of benzene rings is 1. The molecular weight excluding hydrogens is 241 g/mol. The Hall–Kier alpha value is -0.930. The van der Waals surface area contributed by atoms with Crippen molar-refractivity contribution in [2.75, 3.05) is 19.8 Å². The highest BCUT2D eigenvalue weighted by atomic mass is 19.1. The first-order valence-electron chi connectivity index (χ1n) is 7.17. The molecule has 1 rings (SSSR count). The van der Waals surface area contributed by atoms with Gasteiger partial charge in [-0.25, -0.2) is 4.39 Å². The molecular formula is C16H26FNO. The Labute approximate surface area is 116 Å². The van der Waals surface area contributed by atoms with Gasteiger partial charge in [0.2, 0.25) is 0 Å². The van der Waals surface area contributed by atoms with Gasteiger partial charge in [0.05, 0.1) is 0 Å². The molecule has 1 aromatic rings. The molecule has 1 unspecified atom stereocenters. The molecule has 2 nitrogen and oxygen atoms in total. The molecule has 108 valence electrons. The minimum atomic E-state index is -0.171. The van der Waals surface area contributed by atoms with E-state index in [0.717, 1.165) is 32.6 Å². The largest absolute Gasteiger partial charge is 0.382 e. The Balaban J connectivity index is 2.48. The van der Waals surface area contributed by atoms with E-state index in [0.29, 0.717) is 12.0 Å². The third-order valence-electron chi connectivity index (χ3n) is 3.13. The van der Waals surface area contributed by atoms with Crippen molar-refractivity contribution >= 4 is 0 Å². The third-order valence-corrected chi connectivity index (χ3v) is 3.13. The molecule has 0 bridgehead atoms. The fraction of sp³-hybridized carbons (Fsp3) is 0.625. The van der Waals surface area contributed by atoms with Gasteiger partial charge in [-0.15, -0.1) is 0 Å². The standard InChI is InChI=1S/C16H26FNO/c1-4-19-10-9-15(12-18-13(2)3)11-14-5-7-16(17)8-6-14/h5-8,13,15,18H,4,9-12H2,1-3H3. The SMILES string of the molecule is CCOCCC(CNC(C)C)Cc1ccc(F)cc1. The maximum atomic E-state index is 12.9. The summed E-state index contributed by atoms with van der Waals surface area (Å²) in [7, 11) is 0. The highest BCUT2D eigenvalue weighted by molar-refractivity contribution is 5.16. The highest BCUT2D eigenvalue weighted by Gasteiger charge is 2.10. The maximum absolute atomic E-state index is 12.9. The molecule has 0 aliphatic heterocycles. The molecule has 0 fully saturated rings. The summed E-state index contributed by atoms with van der Waals surface area (Å²) in [5.74, 6) is 0.356. The zero-order chi connectivity index (χ0) is 14.1. The number of rotatable bonds is 9. The highest BCUT2D eigenvalue weighted by Crippen LogP contribution is 2.13. The minimum absolute atomic E-state index is 0.171. The van der Waals surface area contributed by atoms with Crippen molar-refractivity contribution in [1.29, 1.82) is 0 Å². The molecule has 0 spiro atoms. The van der Waals surface area contributed by atoms with Crippen LogP contribution in [0, 0.1) is 11.7 Å². The van der Waals surface area contributed by atoms with Crippen molar-refractivity contribution in [3.05, 3.63) is 35.6 Å². The lowest BCUT2D eigenvalue weighted by molar-refractivity contribution is 0.131. The first kappa shape index (κ1) is 16.1. The van der Waals surface area contributed by atoms with Crippen molar-refractivity contribution in [2.24, 2.45) is 5.92 Å². The lowest BCUT2D eigenvalue weighted by atomic mass is 9.96. The van der Waals surface area contributed by atoms with E-state index < -0.39 is 0 Å². The van der Waals surface area contributed by atoms with Crippen molar-refractivity contribution in [3.8, 4) is 0 Å². The van der Waals surface area contributed by atoms with Gasteiger partial charge in [0, 0.05) is 19.3 Å². The van der Waals surface area contributed by atoms with E-state index in [2.05, 4.69) is 19.2 Å². The van der Waals surface area contributed by atoms with Crippen LogP contribution in [0.15, 0.2) is 24.3 Å². The van der Waals surface area contributed by atoms with Gasteiger partial charge in [0.15, 0.2) is 0 Å². The summed E-state index contributed by atoms with van der Waals surface area (Å²) in [5.41, 5.74) is 1.19. The monoisotopic (exact) mass is 267 g/mol. The van der Waals surface area contributed by atoms with Crippen LogP contribution >= 0.6 is 0 Å². The normalized spacial score (nSPS) is 12.9. The number of ether oxygens (including phenoxy) is 1. The molecule has 1 aromatic carbocycles. The quantitative estimate of drug-likeness (QED) is 0.692. The summed E-state index contributed by atoms with van der Waals surface area (Å²) < 4.78 is 18.3. The number of hydrogen-bond donors (Lipinski definition) is 1. The smallest absolute Gasteiger partial charge is 0.123 e. The van der Waals surface area contributed by atoms with E-state index in [1.807, 2.05) is 19.1 Å². The molecule has 0 radical (unpaired) electrons. The average Bonchev–Trinajstić information content (AvgIpc) is 2.38. The van der Waals surface area contributed by atoms with Crippen molar-refractivity contribution in [3.63, 3.8) is 0 Å². The summed E-state index contributed by atoms with van der Waals surface area (Å²) in [4.78, 5) is 0. The summed E-state index contributed by atoms with van der Waals surface area (Å²) >= 11 is 0. The van der Waals surface area contributed by atoms with Crippen molar-refractivity contribution < 1.29 is 9.13 Å². The second-order valence-electron chi connectivity index (χ2n) is 5.25. The number of nitrogens with one attached hydrogen (secondary N) is 1. The minimum Gasteiger partial charge on any atom is -0.382 e. The number of hydrogen-bond acceptors (Lipinski definition) is 2.